The molecule has 1 aliphatic rings. The standard InChI is InChI=1S/C26H35N3O/c1-3-5-7-8-20-9-11-21(12-10-20)26-28-18-24(19-29-26)22-13-14-25(23(16-22)17-27)30-15-6-4-2/h13-14,16,18-21H,3-12,15H2,1-2H3. The number of benzene rings is 1. The van der Waals surface area contributed by atoms with Crippen molar-refractivity contribution in [3.63, 3.8) is 0 Å². The monoisotopic (exact) mass is 405 g/mol. The number of hydrogen-bond donors (Lipinski definition) is 0. The number of hydrogen-bond acceptors (Lipinski definition) is 4. The molecule has 1 saturated carbocycles. The van der Waals surface area contributed by atoms with Gasteiger partial charge >= 0.3 is 0 Å². The number of rotatable bonds is 10. The first kappa shape index (κ1) is 22.3. The number of aromatic nitrogens is 2. The highest BCUT2D eigenvalue weighted by molar-refractivity contribution is 5.65. The molecule has 1 aromatic heterocycles. The van der Waals surface area contributed by atoms with Gasteiger partial charge in [0.2, 0.25) is 0 Å². The zero-order chi connectivity index (χ0) is 21.2. The van der Waals surface area contributed by atoms with Crippen LogP contribution < -0.4 is 4.74 Å². The molecule has 1 heterocycles. The zero-order valence-electron chi connectivity index (χ0n) is 18.6. The molecule has 0 amide bonds. The average molecular weight is 406 g/mol. The Hall–Kier alpha value is -2.41. The average Bonchev–Trinajstić information content (AvgIpc) is 2.80. The van der Waals surface area contributed by atoms with Gasteiger partial charge in [0, 0.05) is 23.9 Å². The van der Waals surface area contributed by atoms with Crippen LogP contribution in [0.4, 0.5) is 0 Å². The Balaban J connectivity index is 1.60. The predicted octanol–water partition coefficient (Wildman–Crippen LogP) is 7.05. The van der Waals surface area contributed by atoms with E-state index >= 15 is 0 Å². The van der Waals surface area contributed by atoms with E-state index in [0.29, 0.717) is 23.8 Å². The molecule has 0 spiro atoms. The van der Waals surface area contributed by atoms with Gasteiger partial charge in [-0.2, -0.15) is 5.26 Å². The maximum absolute atomic E-state index is 9.49. The minimum Gasteiger partial charge on any atom is -0.492 e. The molecule has 0 radical (unpaired) electrons. The van der Waals surface area contributed by atoms with Crippen LogP contribution in [0.15, 0.2) is 30.6 Å². The molecule has 2 aromatic rings. The van der Waals surface area contributed by atoms with Gasteiger partial charge in [0.25, 0.3) is 0 Å². The molecule has 0 unspecified atom stereocenters. The van der Waals surface area contributed by atoms with Gasteiger partial charge in [0.05, 0.1) is 12.2 Å². The molecule has 30 heavy (non-hydrogen) atoms. The van der Waals surface area contributed by atoms with E-state index in [9.17, 15) is 5.26 Å². The van der Waals surface area contributed by atoms with Crippen molar-refractivity contribution in [2.75, 3.05) is 6.61 Å². The molecule has 4 heteroatoms. The molecule has 0 aliphatic heterocycles. The molecule has 3 rings (SSSR count). The third kappa shape index (κ3) is 6.05. The lowest BCUT2D eigenvalue weighted by molar-refractivity contribution is 0.297. The largest absolute Gasteiger partial charge is 0.492 e. The molecule has 0 saturated heterocycles. The van der Waals surface area contributed by atoms with Crippen LogP contribution in [0.3, 0.4) is 0 Å². The Labute approximate surface area is 181 Å². The van der Waals surface area contributed by atoms with E-state index < -0.39 is 0 Å². The second kappa shape index (κ2) is 11.7. The molecule has 0 N–H and O–H groups in total. The summed E-state index contributed by atoms with van der Waals surface area (Å²) in [6.45, 7) is 5.04. The molecule has 0 atom stereocenters. The van der Waals surface area contributed by atoms with E-state index in [1.54, 1.807) is 0 Å². The number of unbranched alkanes of at least 4 members (excludes halogenated alkanes) is 3. The second-order valence-corrected chi connectivity index (χ2v) is 8.57. The molecular weight excluding hydrogens is 370 g/mol. The first-order valence-corrected chi connectivity index (χ1v) is 11.7. The van der Waals surface area contributed by atoms with Crippen molar-refractivity contribution < 1.29 is 4.74 Å². The van der Waals surface area contributed by atoms with E-state index in [1.165, 1.54) is 51.4 Å². The van der Waals surface area contributed by atoms with Crippen molar-refractivity contribution in [1.82, 2.24) is 9.97 Å². The fraction of sp³-hybridized carbons (Fsp3) is 0.577. The van der Waals surface area contributed by atoms with Crippen molar-refractivity contribution >= 4 is 0 Å². The first-order chi connectivity index (χ1) is 14.7. The van der Waals surface area contributed by atoms with Gasteiger partial charge in [0.15, 0.2) is 0 Å². The van der Waals surface area contributed by atoms with Crippen molar-refractivity contribution in [3.05, 3.63) is 42.0 Å². The molecule has 1 fully saturated rings. The van der Waals surface area contributed by atoms with Crippen molar-refractivity contribution in [1.29, 1.82) is 5.26 Å². The maximum Gasteiger partial charge on any atom is 0.137 e. The number of ether oxygens (including phenoxy) is 1. The second-order valence-electron chi connectivity index (χ2n) is 8.57. The molecular formula is C26H35N3O. The summed E-state index contributed by atoms with van der Waals surface area (Å²) in [6.07, 6.45) is 16.3. The van der Waals surface area contributed by atoms with E-state index in [1.807, 2.05) is 30.6 Å². The third-order valence-electron chi connectivity index (χ3n) is 6.29. The Morgan fingerprint density at radius 2 is 1.70 bits per heavy atom. The summed E-state index contributed by atoms with van der Waals surface area (Å²) in [5.74, 6) is 3.02. The lowest BCUT2D eigenvalue weighted by atomic mass is 9.79. The van der Waals surface area contributed by atoms with E-state index in [0.717, 1.165) is 35.7 Å². The van der Waals surface area contributed by atoms with Crippen molar-refractivity contribution in [2.24, 2.45) is 5.92 Å². The van der Waals surface area contributed by atoms with Gasteiger partial charge in [-0.1, -0.05) is 52.0 Å². The van der Waals surface area contributed by atoms with Gasteiger partial charge in [-0.25, -0.2) is 9.97 Å². The summed E-state index contributed by atoms with van der Waals surface area (Å²) in [5, 5.41) is 9.49. The molecule has 1 aromatic carbocycles. The number of nitrogens with zero attached hydrogens (tertiary/aromatic N) is 3. The first-order valence-electron chi connectivity index (χ1n) is 11.7. The van der Waals surface area contributed by atoms with Gasteiger partial charge in [-0.15, -0.1) is 0 Å². The minimum atomic E-state index is 0.491. The molecule has 1 aliphatic carbocycles. The SMILES string of the molecule is CCCCCC1CCC(c2ncc(-c3ccc(OCCCC)c(C#N)c3)cn2)CC1. The van der Waals surface area contributed by atoms with E-state index in [2.05, 4.69) is 19.9 Å². The van der Waals surface area contributed by atoms with Gasteiger partial charge in [-0.3, -0.25) is 0 Å². The summed E-state index contributed by atoms with van der Waals surface area (Å²) >= 11 is 0. The Morgan fingerprint density at radius 1 is 0.967 bits per heavy atom. The van der Waals surface area contributed by atoms with Gasteiger partial charge in [0.1, 0.15) is 17.6 Å². The molecule has 0 bridgehead atoms. The van der Waals surface area contributed by atoms with Crippen LogP contribution in [0.5, 0.6) is 5.75 Å². The molecule has 160 valence electrons. The summed E-state index contributed by atoms with van der Waals surface area (Å²) in [6, 6.07) is 8.00. The fourth-order valence-corrected chi connectivity index (χ4v) is 4.34. The van der Waals surface area contributed by atoms with E-state index in [4.69, 9.17) is 14.7 Å². The van der Waals surface area contributed by atoms with Gasteiger partial charge in [-0.05, 0) is 55.7 Å². The summed E-state index contributed by atoms with van der Waals surface area (Å²) in [7, 11) is 0. The zero-order valence-corrected chi connectivity index (χ0v) is 18.6. The van der Waals surface area contributed by atoms with Crippen molar-refractivity contribution in [3.8, 4) is 22.9 Å². The van der Waals surface area contributed by atoms with Crippen molar-refractivity contribution in [2.45, 2.75) is 84.0 Å². The summed E-state index contributed by atoms with van der Waals surface area (Å²) in [4.78, 5) is 9.39. The van der Waals surface area contributed by atoms with Crippen LogP contribution in [0.25, 0.3) is 11.1 Å². The van der Waals surface area contributed by atoms with Crippen LogP contribution >= 0.6 is 0 Å². The predicted molar refractivity (Wildman–Crippen MR) is 121 cm³/mol. The van der Waals surface area contributed by atoms with Crippen LogP contribution in [0.1, 0.15) is 95.4 Å². The van der Waals surface area contributed by atoms with Crippen LogP contribution in [0, 0.1) is 17.2 Å². The van der Waals surface area contributed by atoms with Crippen LogP contribution in [-0.2, 0) is 0 Å². The summed E-state index contributed by atoms with van der Waals surface area (Å²) in [5.41, 5.74) is 2.47. The minimum absolute atomic E-state index is 0.491. The Kier molecular flexibility index (Phi) is 8.68. The third-order valence-corrected chi connectivity index (χ3v) is 6.29. The lowest BCUT2D eigenvalue weighted by Crippen LogP contribution is -2.15. The fourth-order valence-electron chi connectivity index (χ4n) is 4.34. The highest BCUT2D eigenvalue weighted by Crippen LogP contribution is 2.36. The molecule has 4 nitrogen and oxygen atoms in total. The highest BCUT2D eigenvalue weighted by atomic mass is 16.5. The van der Waals surface area contributed by atoms with Crippen LogP contribution in [0.2, 0.25) is 0 Å². The quantitative estimate of drug-likeness (QED) is 0.397. The summed E-state index contributed by atoms with van der Waals surface area (Å²) < 4.78 is 5.74. The highest BCUT2D eigenvalue weighted by Gasteiger charge is 2.23. The topological polar surface area (TPSA) is 58.8 Å². The van der Waals surface area contributed by atoms with Crippen LogP contribution in [-0.4, -0.2) is 16.6 Å². The normalized spacial score (nSPS) is 18.7. The van der Waals surface area contributed by atoms with Gasteiger partial charge < -0.3 is 4.74 Å². The van der Waals surface area contributed by atoms with E-state index in [-0.39, 0.29) is 0 Å². The maximum atomic E-state index is 9.49. The smallest absolute Gasteiger partial charge is 0.137 e. The Bertz CT molecular complexity index is 817. The Morgan fingerprint density at radius 3 is 2.37 bits per heavy atom. The number of nitriles is 1. The lowest BCUT2D eigenvalue weighted by Gasteiger charge is -2.27.